The lowest BCUT2D eigenvalue weighted by atomic mass is 10.1. The Bertz CT molecular complexity index is 816. The highest BCUT2D eigenvalue weighted by Crippen LogP contribution is 2.20. The largest absolute Gasteiger partial charge is 0.497 e. The summed E-state index contributed by atoms with van der Waals surface area (Å²) < 4.78 is 5.18. The van der Waals surface area contributed by atoms with Gasteiger partial charge in [-0.1, -0.05) is 12.1 Å². The fourth-order valence-corrected chi connectivity index (χ4v) is 3.03. The standard InChI is InChI=1S/C19H18N2O2S/c1-23-17-4-2-3-14(9-17)11-19(22)21-12-15-5-7-20-18(10-15)16-6-8-24-13-16/h2-10,13H,11-12H2,1H3,(H,21,22). The van der Waals surface area contributed by atoms with Crippen molar-refractivity contribution in [2.75, 3.05) is 7.11 Å². The van der Waals surface area contributed by atoms with Crippen LogP contribution in [0.25, 0.3) is 11.3 Å². The maximum Gasteiger partial charge on any atom is 0.224 e. The van der Waals surface area contributed by atoms with Gasteiger partial charge in [-0.05, 0) is 46.8 Å². The average molecular weight is 338 g/mol. The first-order valence-corrected chi connectivity index (χ1v) is 8.56. The third-order valence-corrected chi connectivity index (χ3v) is 4.31. The number of benzene rings is 1. The van der Waals surface area contributed by atoms with E-state index >= 15 is 0 Å². The number of nitrogens with one attached hydrogen (secondary N) is 1. The first kappa shape index (κ1) is 16.2. The molecule has 0 aliphatic carbocycles. The van der Waals surface area contributed by atoms with Crippen LogP contribution in [-0.2, 0) is 17.8 Å². The monoisotopic (exact) mass is 338 g/mol. The molecule has 3 aromatic rings. The van der Waals surface area contributed by atoms with Gasteiger partial charge >= 0.3 is 0 Å². The molecular formula is C19H18N2O2S. The minimum Gasteiger partial charge on any atom is -0.497 e. The molecular weight excluding hydrogens is 320 g/mol. The third-order valence-electron chi connectivity index (χ3n) is 3.63. The second-order valence-corrected chi connectivity index (χ2v) is 6.15. The normalized spacial score (nSPS) is 10.4. The van der Waals surface area contributed by atoms with Crippen LogP contribution in [0.3, 0.4) is 0 Å². The molecule has 1 amide bonds. The summed E-state index contributed by atoms with van der Waals surface area (Å²) in [5, 5.41) is 7.04. The summed E-state index contributed by atoms with van der Waals surface area (Å²) in [6.07, 6.45) is 2.11. The van der Waals surface area contributed by atoms with Crippen LogP contribution in [0, 0.1) is 0 Å². The second-order valence-electron chi connectivity index (χ2n) is 5.37. The highest BCUT2D eigenvalue weighted by molar-refractivity contribution is 7.08. The molecule has 0 saturated heterocycles. The first-order valence-electron chi connectivity index (χ1n) is 7.62. The number of hydrogen-bond acceptors (Lipinski definition) is 4. The Labute approximate surface area is 145 Å². The van der Waals surface area contributed by atoms with Gasteiger partial charge in [-0.25, -0.2) is 0 Å². The maximum atomic E-state index is 12.1. The number of thiophene rings is 1. The Morgan fingerprint density at radius 3 is 2.92 bits per heavy atom. The summed E-state index contributed by atoms with van der Waals surface area (Å²) in [5.41, 5.74) is 3.99. The minimum atomic E-state index is -0.0165. The molecule has 4 nitrogen and oxygen atoms in total. The van der Waals surface area contributed by atoms with E-state index in [0.717, 1.165) is 28.1 Å². The van der Waals surface area contributed by atoms with Crippen molar-refractivity contribution in [1.82, 2.24) is 10.3 Å². The van der Waals surface area contributed by atoms with E-state index in [2.05, 4.69) is 15.7 Å². The van der Waals surface area contributed by atoms with Gasteiger partial charge in [-0.2, -0.15) is 11.3 Å². The molecule has 0 unspecified atom stereocenters. The van der Waals surface area contributed by atoms with Crippen LogP contribution in [0.2, 0.25) is 0 Å². The molecule has 0 aliphatic rings. The van der Waals surface area contributed by atoms with Gasteiger partial charge < -0.3 is 10.1 Å². The Hall–Kier alpha value is -2.66. The van der Waals surface area contributed by atoms with E-state index in [4.69, 9.17) is 4.74 Å². The van der Waals surface area contributed by atoms with Crippen LogP contribution in [0.5, 0.6) is 5.75 Å². The molecule has 24 heavy (non-hydrogen) atoms. The third kappa shape index (κ3) is 4.20. The molecule has 0 spiro atoms. The number of methoxy groups -OCH3 is 1. The predicted molar refractivity (Wildman–Crippen MR) is 96.1 cm³/mol. The zero-order chi connectivity index (χ0) is 16.8. The van der Waals surface area contributed by atoms with Crippen LogP contribution < -0.4 is 10.1 Å². The van der Waals surface area contributed by atoms with Crippen molar-refractivity contribution in [3.63, 3.8) is 0 Å². The van der Waals surface area contributed by atoms with E-state index < -0.39 is 0 Å². The predicted octanol–water partition coefficient (Wildman–Crippen LogP) is 3.68. The summed E-state index contributed by atoms with van der Waals surface area (Å²) in [6, 6.07) is 13.5. The van der Waals surface area contributed by atoms with Gasteiger partial charge in [0.05, 0.1) is 19.2 Å². The summed E-state index contributed by atoms with van der Waals surface area (Å²) >= 11 is 1.64. The van der Waals surface area contributed by atoms with Crippen LogP contribution in [0.4, 0.5) is 0 Å². The average Bonchev–Trinajstić information content (AvgIpc) is 3.15. The molecule has 3 rings (SSSR count). The molecule has 0 atom stereocenters. The number of ether oxygens (including phenoxy) is 1. The number of amides is 1. The lowest BCUT2D eigenvalue weighted by Gasteiger charge is -2.07. The van der Waals surface area contributed by atoms with E-state index in [-0.39, 0.29) is 5.91 Å². The van der Waals surface area contributed by atoms with Crippen molar-refractivity contribution in [2.45, 2.75) is 13.0 Å². The van der Waals surface area contributed by atoms with Gasteiger partial charge in [0.25, 0.3) is 0 Å². The van der Waals surface area contributed by atoms with Crippen molar-refractivity contribution in [1.29, 1.82) is 0 Å². The summed E-state index contributed by atoms with van der Waals surface area (Å²) in [4.78, 5) is 16.5. The number of pyridine rings is 1. The van der Waals surface area contributed by atoms with Crippen molar-refractivity contribution in [3.05, 3.63) is 70.5 Å². The lowest BCUT2D eigenvalue weighted by molar-refractivity contribution is -0.120. The van der Waals surface area contributed by atoms with E-state index in [9.17, 15) is 4.79 Å². The van der Waals surface area contributed by atoms with Crippen molar-refractivity contribution < 1.29 is 9.53 Å². The summed E-state index contributed by atoms with van der Waals surface area (Å²) in [5.74, 6) is 0.743. The molecule has 5 heteroatoms. The Kier molecular flexibility index (Phi) is 5.23. The Morgan fingerprint density at radius 2 is 2.12 bits per heavy atom. The number of nitrogens with zero attached hydrogens (tertiary/aromatic N) is 1. The van der Waals surface area contributed by atoms with E-state index in [0.29, 0.717) is 13.0 Å². The van der Waals surface area contributed by atoms with Gasteiger partial charge in [0.2, 0.25) is 5.91 Å². The zero-order valence-corrected chi connectivity index (χ0v) is 14.2. The molecule has 0 bridgehead atoms. The van der Waals surface area contributed by atoms with E-state index in [1.54, 1.807) is 24.6 Å². The number of carbonyl (C=O) groups is 1. The zero-order valence-electron chi connectivity index (χ0n) is 13.4. The van der Waals surface area contributed by atoms with Gasteiger partial charge in [0.15, 0.2) is 0 Å². The van der Waals surface area contributed by atoms with Crippen molar-refractivity contribution >= 4 is 17.2 Å². The van der Waals surface area contributed by atoms with Crippen LogP contribution in [0.1, 0.15) is 11.1 Å². The molecule has 2 aromatic heterocycles. The summed E-state index contributed by atoms with van der Waals surface area (Å²) in [7, 11) is 1.62. The molecule has 0 fully saturated rings. The SMILES string of the molecule is COc1cccc(CC(=O)NCc2ccnc(-c3ccsc3)c2)c1. The first-order chi connectivity index (χ1) is 11.7. The molecule has 0 radical (unpaired) electrons. The van der Waals surface area contributed by atoms with Gasteiger partial charge in [-0.15, -0.1) is 0 Å². The number of hydrogen-bond donors (Lipinski definition) is 1. The van der Waals surface area contributed by atoms with Crippen LogP contribution in [-0.4, -0.2) is 18.0 Å². The van der Waals surface area contributed by atoms with Gasteiger partial charge in [0, 0.05) is 23.7 Å². The number of aromatic nitrogens is 1. The van der Waals surface area contributed by atoms with E-state index in [1.165, 1.54) is 0 Å². The molecule has 1 aromatic carbocycles. The van der Waals surface area contributed by atoms with Crippen molar-refractivity contribution in [3.8, 4) is 17.0 Å². The number of carbonyl (C=O) groups excluding carboxylic acids is 1. The molecule has 122 valence electrons. The molecule has 0 aliphatic heterocycles. The summed E-state index contributed by atoms with van der Waals surface area (Å²) in [6.45, 7) is 0.489. The maximum absolute atomic E-state index is 12.1. The lowest BCUT2D eigenvalue weighted by Crippen LogP contribution is -2.24. The highest BCUT2D eigenvalue weighted by Gasteiger charge is 2.06. The second kappa shape index (κ2) is 7.75. The van der Waals surface area contributed by atoms with Crippen LogP contribution in [0.15, 0.2) is 59.4 Å². The van der Waals surface area contributed by atoms with Gasteiger partial charge in [0.1, 0.15) is 5.75 Å². The molecule has 2 heterocycles. The highest BCUT2D eigenvalue weighted by atomic mass is 32.1. The molecule has 1 N–H and O–H groups in total. The molecule has 0 saturated carbocycles. The van der Waals surface area contributed by atoms with Gasteiger partial charge in [-0.3, -0.25) is 9.78 Å². The fraction of sp³-hybridized carbons (Fsp3) is 0.158. The van der Waals surface area contributed by atoms with Crippen molar-refractivity contribution in [2.24, 2.45) is 0 Å². The van der Waals surface area contributed by atoms with Crippen LogP contribution >= 0.6 is 11.3 Å². The Morgan fingerprint density at radius 1 is 1.21 bits per heavy atom. The topological polar surface area (TPSA) is 51.2 Å². The van der Waals surface area contributed by atoms with E-state index in [1.807, 2.05) is 47.8 Å². The Balaban J connectivity index is 1.59. The minimum absolute atomic E-state index is 0.0165. The quantitative estimate of drug-likeness (QED) is 0.746. The number of rotatable bonds is 6. The smallest absolute Gasteiger partial charge is 0.224 e. The fourth-order valence-electron chi connectivity index (χ4n) is 2.38.